The summed E-state index contributed by atoms with van der Waals surface area (Å²) < 4.78 is 0. The number of carbonyl (C=O) groups is 2. The van der Waals surface area contributed by atoms with Crippen molar-refractivity contribution in [1.82, 2.24) is 15.5 Å². The lowest BCUT2D eigenvalue weighted by Crippen LogP contribution is -2.53. The fourth-order valence-electron chi connectivity index (χ4n) is 4.95. The summed E-state index contributed by atoms with van der Waals surface area (Å²) in [5.74, 6) is 0.962. The van der Waals surface area contributed by atoms with Crippen LogP contribution in [0.5, 0.6) is 0 Å². The number of nitrogens with zero attached hydrogens (tertiary/aromatic N) is 1. The van der Waals surface area contributed by atoms with Gasteiger partial charge in [-0.2, -0.15) is 0 Å². The Labute approximate surface area is 171 Å². The molecule has 5 heteroatoms. The zero-order valence-electron chi connectivity index (χ0n) is 16.8. The maximum absolute atomic E-state index is 13.0. The van der Waals surface area contributed by atoms with Crippen LogP contribution in [0.3, 0.4) is 0 Å². The van der Waals surface area contributed by atoms with Gasteiger partial charge in [0.25, 0.3) is 5.91 Å². The van der Waals surface area contributed by atoms with Crippen molar-refractivity contribution in [3.8, 4) is 0 Å². The van der Waals surface area contributed by atoms with Crippen LogP contribution >= 0.6 is 0 Å². The number of benzene rings is 2. The van der Waals surface area contributed by atoms with E-state index in [1.807, 2.05) is 47.4 Å². The van der Waals surface area contributed by atoms with E-state index in [0.29, 0.717) is 18.2 Å². The first kappa shape index (κ1) is 18.6. The van der Waals surface area contributed by atoms with E-state index < -0.39 is 0 Å². The first-order valence-electron chi connectivity index (χ1n) is 11.0. The number of likely N-dealkylation sites (tertiary alicyclic amines) is 1. The Bertz CT molecular complexity index is 923. The Balaban J connectivity index is 1.20. The molecular formula is C24H29N3O2. The van der Waals surface area contributed by atoms with Crippen molar-refractivity contribution in [3.05, 3.63) is 48.0 Å². The topological polar surface area (TPSA) is 61.4 Å². The number of carbonyl (C=O) groups excluding carboxylic acids is 2. The summed E-state index contributed by atoms with van der Waals surface area (Å²) >= 11 is 0. The van der Waals surface area contributed by atoms with Gasteiger partial charge in [0.05, 0.1) is 6.04 Å². The molecule has 3 atom stereocenters. The second kappa shape index (κ2) is 7.79. The summed E-state index contributed by atoms with van der Waals surface area (Å²) in [6.45, 7) is 1.41. The molecule has 3 fully saturated rings. The number of amides is 2. The molecule has 3 unspecified atom stereocenters. The Morgan fingerprint density at radius 2 is 1.79 bits per heavy atom. The van der Waals surface area contributed by atoms with Crippen molar-refractivity contribution in [2.45, 2.75) is 56.7 Å². The molecule has 0 spiro atoms. The highest BCUT2D eigenvalue weighted by molar-refractivity contribution is 5.98. The van der Waals surface area contributed by atoms with Gasteiger partial charge in [0.15, 0.2) is 0 Å². The Kier molecular flexibility index (Phi) is 5.00. The molecule has 5 nitrogen and oxygen atoms in total. The van der Waals surface area contributed by atoms with Gasteiger partial charge in [-0.25, -0.2) is 0 Å². The van der Waals surface area contributed by atoms with Crippen molar-refractivity contribution in [2.75, 3.05) is 13.1 Å². The number of hydrogen-bond donors (Lipinski definition) is 2. The standard InChI is InChI=1S/C24H29N3O2/c28-23(19-10-7-16-4-1-2-5-18(16)14-19)25-20-6-3-13-27(15-20)24(29)22-12-11-21(26-22)17-8-9-17/h1-2,4-5,7,10,14,17,20-22,26H,3,6,8-9,11-13,15H2,(H,25,28). The summed E-state index contributed by atoms with van der Waals surface area (Å²) in [6.07, 6.45) is 6.55. The van der Waals surface area contributed by atoms with Gasteiger partial charge in [0.1, 0.15) is 0 Å². The van der Waals surface area contributed by atoms with Crippen LogP contribution in [0.15, 0.2) is 42.5 Å². The van der Waals surface area contributed by atoms with Gasteiger partial charge in [-0.15, -0.1) is 0 Å². The van der Waals surface area contributed by atoms with Crippen molar-refractivity contribution in [3.63, 3.8) is 0 Å². The smallest absolute Gasteiger partial charge is 0.251 e. The quantitative estimate of drug-likeness (QED) is 0.842. The van der Waals surface area contributed by atoms with Crippen LogP contribution < -0.4 is 10.6 Å². The number of piperidine rings is 1. The van der Waals surface area contributed by atoms with Gasteiger partial charge >= 0.3 is 0 Å². The molecule has 2 saturated heterocycles. The lowest BCUT2D eigenvalue weighted by molar-refractivity contribution is -0.134. The van der Waals surface area contributed by atoms with Gasteiger partial charge in [-0.1, -0.05) is 30.3 Å². The summed E-state index contributed by atoms with van der Waals surface area (Å²) in [5.41, 5.74) is 0.678. The molecule has 2 amide bonds. The fourth-order valence-corrected chi connectivity index (χ4v) is 4.95. The molecule has 0 aromatic heterocycles. The number of nitrogens with one attached hydrogen (secondary N) is 2. The van der Waals surface area contributed by atoms with Gasteiger partial charge in [0, 0.05) is 30.7 Å². The van der Waals surface area contributed by atoms with Crippen LogP contribution in [0.2, 0.25) is 0 Å². The monoisotopic (exact) mass is 391 g/mol. The average Bonchev–Trinajstić information content (AvgIpc) is 3.49. The first-order chi connectivity index (χ1) is 14.2. The van der Waals surface area contributed by atoms with Crippen LogP contribution in [0.25, 0.3) is 10.8 Å². The van der Waals surface area contributed by atoms with Crippen LogP contribution in [-0.4, -0.2) is 47.9 Å². The Morgan fingerprint density at radius 3 is 2.62 bits per heavy atom. The van der Waals surface area contributed by atoms with Crippen molar-refractivity contribution < 1.29 is 9.59 Å². The van der Waals surface area contributed by atoms with Crippen molar-refractivity contribution in [1.29, 1.82) is 0 Å². The number of rotatable bonds is 4. The van der Waals surface area contributed by atoms with E-state index >= 15 is 0 Å². The van der Waals surface area contributed by atoms with E-state index in [1.54, 1.807) is 0 Å². The van der Waals surface area contributed by atoms with E-state index in [0.717, 1.165) is 48.9 Å². The third kappa shape index (κ3) is 4.01. The van der Waals surface area contributed by atoms with Crippen molar-refractivity contribution >= 4 is 22.6 Å². The number of hydrogen-bond acceptors (Lipinski definition) is 3. The van der Waals surface area contributed by atoms with Crippen LogP contribution in [0.4, 0.5) is 0 Å². The molecule has 2 aliphatic heterocycles. The van der Waals surface area contributed by atoms with Gasteiger partial charge in [-0.05, 0) is 67.3 Å². The molecule has 3 aliphatic rings. The van der Waals surface area contributed by atoms with Crippen LogP contribution in [0.1, 0.15) is 48.9 Å². The summed E-state index contributed by atoms with van der Waals surface area (Å²) in [4.78, 5) is 27.7. The molecule has 29 heavy (non-hydrogen) atoms. The zero-order chi connectivity index (χ0) is 19.8. The Hall–Kier alpha value is -2.40. The maximum atomic E-state index is 13.0. The van der Waals surface area contributed by atoms with Gasteiger partial charge in [-0.3, -0.25) is 9.59 Å². The molecule has 2 N–H and O–H groups in total. The molecule has 2 aromatic carbocycles. The summed E-state index contributed by atoms with van der Waals surface area (Å²) in [6, 6.07) is 14.4. The SMILES string of the molecule is O=C(NC1CCCN(C(=O)C2CCC(C3CC3)N2)C1)c1ccc2ccccc2c1. The number of fused-ring (bicyclic) bond motifs is 1. The molecule has 2 aromatic rings. The van der Waals surface area contributed by atoms with E-state index in [2.05, 4.69) is 10.6 Å². The third-order valence-electron chi connectivity index (χ3n) is 6.75. The molecule has 152 valence electrons. The van der Waals surface area contributed by atoms with Gasteiger partial charge < -0.3 is 15.5 Å². The predicted octanol–water partition coefficient (Wildman–Crippen LogP) is 3.09. The molecule has 0 bridgehead atoms. The molecule has 1 saturated carbocycles. The second-order valence-electron chi connectivity index (χ2n) is 8.90. The van der Waals surface area contributed by atoms with E-state index in [1.165, 1.54) is 12.8 Å². The van der Waals surface area contributed by atoms with E-state index in [4.69, 9.17) is 0 Å². The minimum Gasteiger partial charge on any atom is -0.348 e. The van der Waals surface area contributed by atoms with E-state index in [9.17, 15) is 9.59 Å². The predicted molar refractivity (Wildman–Crippen MR) is 114 cm³/mol. The van der Waals surface area contributed by atoms with Crippen LogP contribution in [-0.2, 0) is 4.79 Å². The molecule has 2 heterocycles. The summed E-state index contributed by atoms with van der Waals surface area (Å²) in [5, 5.41) is 8.93. The second-order valence-corrected chi connectivity index (χ2v) is 8.90. The Morgan fingerprint density at radius 1 is 0.966 bits per heavy atom. The minimum atomic E-state index is -0.0529. The highest BCUT2D eigenvalue weighted by atomic mass is 16.2. The summed E-state index contributed by atoms with van der Waals surface area (Å²) in [7, 11) is 0. The molecular weight excluding hydrogens is 362 g/mol. The first-order valence-corrected chi connectivity index (χ1v) is 11.0. The average molecular weight is 392 g/mol. The lowest BCUT2D eigenvalue weighted by atomic mass is 10.0. The minimum absolute atomic E-state index is 0.0207. The largest absolute Gasteiger partial charge is 0.348 e. The van der Waals surface area contributed by atoms with Crippen LogP contribution in [0, 0.1) is 5.92 Å². The highest BCUT2D eigenvalue weighted by Crippen LogP contribution is 2.37. The molecule has 1 aliphatic carbocycles. The zero-order valence-corrected chi connectivity index (χ0v) is 16.8. The van der Waals surface area contributed by atoms with Gasteiger partial charge in [0.2, 0.25) is 5.91 Å². The molecule has 5 rings (SSSR count). The normalized spacial score (nSPS) is 27.2. The highest BCUT2D eigenvalue weighted by Gasteiger charge is 2.40. The third-order valence-corrected chi connectivity index (χ3v) is 6.75. The lowest BCUT2D eigenvalue weighted by Gasteiger charge is -2.34. The van der Waals surface area contributed by atoms with E-state index in [-0.39, 0.29) is 23.9 Å². The maximum Gasteiger partial charge on any atom is 0.251 e. The van der Waals surface area contributed by atoms with Crippen molar-refractivity contribution in [2.24, 2.45) is 5.92 Å². The molecule has 0 radical (unpaired) electrons. The fraction of sp³-hybridized carbons (Fsp3) is 0.500.